The Morgan fingerprint density at radius 1 is 1.47 bits per heavy atom. The lowest BCUT2D eigenvalue weighted by Crippen LogP contribution is -2.57. The number of carbonyl (C=O) groups is 1. The van der Waals surface area contributed by atoms with Crippen LogP contribution in [0.2, 0.25) is 0 Å². The third-order valence-electron chi connectivity index (χ3n) is 2.80. The van der Waals surface area contributed by atoms with Crippen molar-refractivity contribution in [1.29, 1.82) is 0 Å². The number of thiophene rings is 1. The summed E-state index contributed by atoms with van der Waals surface area (Å²) in [6.45, 7) is 5.96. The van der Waals surface area contributed by atoms with Gasteiger partial charge in [-0.1, -0.05) is 6.07 Å². The molecule has 1 aliphatic rings. The van der Waals surface area contributed by atoms with Gasteiger partial charge in [0.2, 0.25) is 0 Å². The SMILES string of the molecule is CC1CNCC(C)N1C(=O)c1cccs1. The van der Waals surface area contributed by atoms with E-state index in [1.165, 1.54) is 11.3 Å². The van der Waals surface area contributed by atoms with Crippen LogP contribution in [0.25, 0.3) is 0 Å². The van der Waals surface area contributed by atoms with E-state index in [1.54, 1.807) is 0 Å². The molecule has 1 aromatic rings. The van der Waals surface area contributed by atoms with Gasteiger partial charge < -0.3 is 10.2 Å². The quantitative estimate of drug-likeness (QED) is 0.785. The topological polar surface area (TPSA) is 32.3 Å². The van der Waals surface area contributed by atoms with Crippen LogP contribution in [0.4, 0.5) is 0 Å². The summed E-state index contributed by atoms with van der Waals surface area (Å²) >= 11 is 1.52. The summed E-state index contributed by atoms with van der Waals surface area (Å²) in [4.78, 5) is 15.0. The predicted molar refractivity (Wildman–Crippen MR) is 62.3 cm³/mol. The Balaban J connectivity index is 2.17. The van der Waals surface area contributed by atoms with E-state index in [0.717, 1.165) is 18.0 Å². The largest absolute Gasteiger partial charge is 0.330 e. The molecule has 15 heavy (non-hydrogen) atoms. The van der Waals surface area contributed by atoms with Gasteiger partial charge in [-0.05, 0) is 25.3 Å². The number of nitrogens with zero attached hydrogens (tertiary/aromatic N) is 1. The third-order valence-corrected chi connectivity index (χ3v) is 3.65. The van der Waals surface area contributed by atoms with E-state index in [2.05, 4.69) is 19.2 Å². The first-order chi connectivity index (χ1) is 7.20. The van der Waals surface area contributed by atoms with Gasteiger partial charge in [-0.2, -0.15) is 0 Å². The molecule has 4 heteroatoms. The predicted octanol–water partition coefficient (Wildman–Crippen LogP) is 1.57. The summed E-state index contributed by atoms with van der Waals surface area (Å²) in [5.74, 6) is 0.173. The maximum absolute atomic E-state index is 12.2. The van der Waals surface area contributed by atoms with Gasteiger partial charge in [0.1, 0.15) is 0 Å². The standard InChI is InChI=1S/C11H16N2OS/c1-8-6-12-7-9(2)13(8)11(14)10-4-3-5-15-10/h3-5,8-9,12H,6-7H2,1-2H3. The second kappa shape index (κ2) is 4.33. The molecule has 1 fully saturated rings. The van der Waals surface area contributed by atoms with E-state index in [1.807, 2.05) is 22.4 Å². The summed E-state index contributed by atoms with van der Waals surface area (Å²) in [7, 11) is 0. The number of piperazine rings is 1. The molecule has 2 rings (SSSR count). The summed E-state index contributed by atoms with van der Waals surface area (Å²) in [6.07, 6.45) is 0. The molecule has 2 unspecified atom stereocenters. The maximum atomic E-state index is 12.2. The molecule has 2 atom stereocenters. The first kappa shape index (κ1) is 10.6. The zero-order chi connectivity index (χ0) is 10.8. The van der Waals surface area contributed by atoms with Crippen LogP contribution < -0.4 is 5.32 Å². The van der Waals surface area contributed by atoms with E-state index < -0.39 is 0 Å². The molecule has 1 aromatic heterocycles. The molecule has 0 radical (unpaired) electrons. The van der Waals surface area contributed by atoms with Crippen LogP contribution in [0.3, 0.4) is 0 Å². The van der Waals surface area contributed by atoms with E-state index >= 15 is 0 Å². The molecular formula is C11H16N2OS. The van der Waals surface area contributed by atoms with E-state index in [9.17, 15) is 4.79 Å². The summed E-state index contributed by atoms with van der Waals surface area (Å²) in [5, 5.41) is 5.27. The van der Waals surface area contributed by atoms with Crippen molar-refractivity contribution >= 4 is 17.2 Å². The highest BCUT2D eigenvalue weighted by Gasteiger charge is 2.29. The Bertz CT molecular complexity index is 326. The summed E-state index contributed by atoms with van der Waals surface area (Å²) in [5.41, 5.74) is 0. The smallest absolute Gasteiger partial charge is 0.264 e. The molecule has 1 amide bonds. The molecular weight excluding hydrogens is 208 g/mol. The molecule has 1 saturated heterocycles. The Labute approximate surface area is 94.1 Å². The number of amides is 1. The van der Waals surface area contributed by atoms with E-state index in [4.69, 9.17) is 0 Å². The van der Waals surface area contributed by atoms with Crippen LogP contribution in [-0.2, 0) is 0 Å². The van der Waals surface area contributed by atoms with Gasteiger partial charge in [0.25, 0.3) is 5.91 Å². The van der Waals surface area contributed by atoms with Crippen LogP contribution >= 0.6 is 11.3 Å². The summed E-state index contributed by atoms with van der Waals surface area (Å²) < 4.78 is 0. The minimum Gasteiger partial charge on any atom is -0.330 e. The lowest BCUT2D eigenvalue weighted by atomic mass is 10.1. The lowest BCUT2D eigenvalue weighted by Gasteiger charge is -2.39. The Morgan fingerprint density at radius 2 is 2.13 bits per heavy atom. The van der Waals surface area contributed by atoms with Crippen LogP contribution in [-0.4, -0.2) is 36.0 Å². The number of nitrogens with one attached hydrogen (secondary N) is 1. The van der Waals surface area contributed by atoms with Gasteiger partial charge in [0.15, 0.2) is 0 Å². The molecule has 0 bridgehead atoms. The van der Waals surface area contributed by atoms with Crippen molar-refractivity contribution in [3.8, 4) is 0 Å². The van der Waals surface area contributed by atoms with Gasteiger partial charge in [-0.3, -0.25) is 4.79 Å². The Kier molecular flexibility index (Phi) is 3.07. The Morgan fingerprint density at radius 3 is 2.67 bits per heavy atom. The highest BCUT2D eigenvalue weighted by Crippen LogP contribution is 2.18. The molecule has 0 aliphatic carbocycles. The number of hydrogen-bond donors (Lipinski definition) is 1. The van der Waals surface area contributed by atoms with Crippen LogP contribution in [0.15, 0.2) is 17.5 Å². The van der Waals surface area contributed by atoms with Crippen LogP contribution in [0.1, 0.15) is 23.5 Å². The molecule has 2 heterocycles. The Hall–Kier alpha value is -0.870. The number of carbonyl (C=O) groups excluding carboxylic acids is 1. The van der Waals surface area contributed by atoms with Gasteiger partial charge in [-0.15, -0.1) is 11.3 Å². The number of hydrogen-bond acceptors (Lipinski definition) is 3. The van der Waals surface area contributed by atoms with Crippen molar-refractivity contribution < 1.29 is 4.79 Å². The minimum absolute atomic E-state index is 0.173. The van der Waals surface area contributed by atoms with Crippen LogP contribution in [0, 0.1) is 0 Å². The molecule has 3 nitrogen and oxygen atoms in total. The van der Waals surface area contributed by atoms with Crippen molar-refractivity contribution in [2.75, 3.05) is 13.1 Å². The van der Waals surface area contributed by atoms with Gasteiger partial charge in [0.05, 0.1) is 4.88 Å². The first-order valence-electron chi connectivity index (χ1n) is 5.27. The third kappa shape index (κ3) is 2.06. The fourth-order valence-corrected chi connectivity index (χ4v) is 2.73. The normalized spacial score (nSPS) is 26.7. The average molecular weight is 224 g/mol. The average Bonchev–Trinajstić information content (AvgIpc) is 2.69. The molecule has 0 spiro atoms. The number of rotatable bonds is 1. The fraction of sp³-hybridized carbons (Fsp3) is 0.545. The lowest BCUT2D eigenvalue weighted by molar-refractivity contribution is 0.0549. The molecule has 1 N–H and O–H groups in total. The summed E-state index contributed by atoms with van der Waals surface area (Å²) in [6, 6.07) is 4.39. The zero-order valence-corrected chi connectivity index (χ0v) is 9.88. The van der Waals surface area contributed by atoms with Gasteiger partial charge >= 0.3 is 0 Å². The highest BCUT2D eigenvalue weighted by molar-refractivity contribution is 7.12. The van der Waals surface area contributed by atoms with Crippen molar-refractivity contribution in [3.63, 3.8) is 0 Å². The molecule has 82 valence electrons. The van der Waals surface area contributed by atoms with Crippen molar-refractivity contribution in [2.45, 2.75) is 25.9 Å². The van der Waals surface area contributed by atoms with Crippen molar-refractivity contribution in [1.82, 2.24) is 10.2 Å². The van der Waals surface area contributed by atoms with Crippen LogP contribution in [0.5, 0.6) is 0 Å². The van der Waals surface area contributed by atoms with E-state index in [-0.39, 0.29) is 18.0 Å². The van der Waals surface area contributed by atoms with E-state index in [0.29, 0.717) is 0 Å². The zero-order valence-electron chi connectivity index (χ0n) is 9.06. The van der Waals surface area contributed by atoms with Crippen molar-refractivity contribution in [2.24, 2.45) is 0 Å². The fourth-order valence-electron chi connectivity index (χ4n) is 2.06. The maximum Gasteiger partial charge on any atom is 0.264 e. The minimum atomic E-state index is 0.173. The molecule has 0 aromatic carbocycles. The molecule has 1 aliphatic heterocycles. The second-order valence-electron chi connectivity index (χ2n) is 4.05. The van der Waals surface area contributed by atoms with Gasteiger partial charge in [-0.25, -0.2) is 0 Å². The molecule has 0 saturated carbocycles. The van der Waals surface area contributed by atoms with Crippen molar-refractivity contribution in [3.05, 3.63) is 22.4 Å². The monoisotopic (exact) mass is 224 g/mol. The second-order valence-corrected chi connectivity index (χ2v) is 4.99. The first-order valence-corrected chi connectivity index (χ1v) is 6.15. The highest BCUT2D eigenvalue weighted by atomic mass is 32.1. The van der Waals surface area contributed by atoms with Gasteiger partial charge in [0, 0.05) is 25.2 Å².